The monoisotopic (exact) mass is 341 g/mol. The van der Waals surface area contributed by atoms with E-state index in [-0.39, 0.29) is 23.7 Å². The van der Waals surface area contributed by atoms with Gasteiger partial charge in [0.2, 0.25) is 0 Å². The maximum absolute atomic E-state index is 12.6. The molecule has 0 fully saturated rings. The maximum atomic E-state index is 12.6. The van der Waals surface area contributed by atoms with E-state index in [2.05, 4.69) is 20.0 Å². The standard InChI is InChI=1S/C17H15N3O5/c1-9-5-12(11-6-10(24-2)3-4-14(11)19-9)16(21)18-7-15-13(17(22)23)8-25-20-15/h3-6,8H,7H2,1-2H3,(H,18,21)(H,22,23). The van der Waals surface area contributed by atoms with Gasteiger partial charge in [-0.25, -0.2) is 4.79 Å². The fourth-order valence-corrected chi connectivity index (χ4v) is 2.47. The molecular weight excluding hydrogens is 326 g/mol. The number of rotatable bonds is 5. The maximum Gasteiger partial charge on any atom is 0.341 e. The fraction of sp³-hybridized carbons (Fsp3) is 0.176. The molecule has 0 aliphatic rings. The van der Waals surface area contributed by atoms with Crippen LogP contribution < -0.4 is 10.1 Å². The molecule has 0 aliphatic carbocycles. The summed E-state index contributed by atoms with van der Waals surface area (Å²) in [6.45, 7) is 1.73. The Morgan fingerprint density at radius 2 is 2.08 bits per heavy atom. The molecule has 0 atom stereocenters. The van der Waals surface area contributed by atoms with Crippen molar-refractivity contribution in [3.63, 3.8) is 0 Å². The topological polar surface area (TPSA) is 115 Å². The first kappa shape index (κ1) is 16.4. The van der Waals surface area contributed by atoms with Crippen molar-refractivity contribution in [3.05, 3.63) is 53.0 Å². The predicted molar refractivity (Wildman–Crippen MR) is 87.7 cm³/mol. The lowest BCUT2D eigenvalue weighted by Crippen LogP contribution is -2.24. The molecule has 2 N–H and O–H groups in total. The summed E-state index contributed by atoms with van der Waals surface area (Å²) in [5.41, 5.74) is 1.84. The molecule has 8 nitrogen and oxygen atoms in total. The Balaban J connectivity index is 1.91. The van der Waals surface area contributed by atoms with Gasteiger partial charge in [-0.2, -0.15) is 0 Å². The summed E-state index contributed by atoms with van der Waals surface area (Å²) in [6.07, 6.45) is 1.03. The van der Waals surface area contributed by atoms with E-state index in [1.54, 1.807) is 38.3 Å². The average molecular weight is 341 g/mol. The van der Waals surface area contributed by atoms with Crippen molar-refractivity contribution in [1.82, 2.24) is 15.5 Å². The lowest BCUT2D eigenvalue weighted by atomic mass is 10.1. The molecule has 3 aromatic rings. The van der Waals surface area contributed by atoms with Crippen LogP contribution in [0.25, 0.3) is 10.9 Å². The number of fused-ring (bicyclic) bond motifs is 1. The molecule has 2 heterocycles. The third-order valence-electron chi connectivity index (χ3n) is 3.68. The molecule has 128 valence electrons. The van der Waals surface area contributed by atoms with Crippen LogP contribution in [0.3, 0.4) is 0 Å². The van der Waals surface area contributed by atoms with E-state index >= 15 is 0 Å². The molecule has 0 radical (unpaired) electrons. The van der Waals surface area contributed by atoms with E-state index in [9.17, 15) is 9.59 Å². The number of carbonyl (C=O) groups is 2. The second-order valence-electron chi connectivity index (χ2n) is 5.36. The number of benzene rings is 1. The van der Waals surface area contributed by atoms with Gasteiger partial charge < -0.3 is 19.7 Å². The zero-order valence-electron chi connectivity index (χ0n) is 13.6. The van der Waals surface area contributed by atoms with Gasteiger partial charge in [0, 0.05) is 11.1 Å². The number of aryl methyl sites for hydroxylation is 1. The molecule has 0 spiro atoms. The average Bonchev–Trinajstić information content (AvgIpc) is 3.07. The van der Waals surface area contributed by atoms with Crippen LogP contribution in [-0.4, -0.2) is 34.2 Å². The van der Waals surface area contributed by atoms with Crippen molar-refractivity contribution in [2.45, 2.75) is 13.5 Å². The summed E-state index contributed by atoms with van der Waals surface area (Å²) in [5, 5.41) is 15.9. The Morgan fingerprint density at radius 1 is 1.28 bits per heavy atom. The van der Waals surface area contributed by atoms with Gasteiger partial charge in [0.15, 0.2) is 0 Å². The highest BCUT2D eigenvalue weighted by molar-refractivity contribution is 6.06. The third kappa shape index (κ3) is 3.27. The number of aromatic carboxylic acids is 1. The van der Waals surface area contributed by atoms with E-state index in [1.165, 1.54) is 0 Å². The number of carboxylic acids is 1. The molecule has 1 aromatic carbocycles. The van der Waals surface area contributed by atoms with E-state index < -0.39 is 5.97 Å². The first-order chi connectivity index (χ1) is 12.0. The van der Waals surface area contributed by atoms with Crippen LogP contribution in [0.2, 0.25) is 0 Å². The van der Waals surface area contributed by atoms with E-state index in [0.717, 1.165) is 6.26 Å². The number of carboxylic acid groups (broad SMARTS) is 1. The Kier molecular flexibility index (Phi) is 4.34. The molecule has 25 heavy (non-hydrogen) atoms. The molecule has 0 unspecified atom stereocenters. The van der Waals surface area contributed by atoms with Crippen LogP contribution in [-0.2, 0) is 6.54 Å². The molecular formula is C17H15N3O5. The predicted octanol–water partition coefficient (Wildman–Crippen LogP) is 2.17. The Hall–Kier alpha value is -3.42. The van der Waals surface area contributed by atoms with Gasteiger partial charge in [0.05, 0.1) is 24.7 Å². The normalized spacial score (nSPS) is 10.6. The Bertz CT molecular complexity index is 964. The fourth-order valence-electron chi connectivity index (χ4n) is 2.47. The quantitative estimate of drug-likeness (QED) is 0.731. The van der Waals surface area contributed by atoms with E-state index in [0.29, 0.717) is 27.9 Å². The number of carbonyl (C=O) groups excluding carboxylic acids is 1. The number of methoxy groups -OCH3 is 1. The number of hydrogen-bond donors (Lipinski definition) is 2. The van der Waals surface area contributed by atoms with Crippen molar-refractivity contribution < 1.29 is 24.0 Å². The molecule has 2 aromatic heterocycles. The minimum absolute atomic E-state index is 0.0657. The molecule has 0 bridgehead atoms. The van der Waals surface area contributed by atoms with Crippen molar-refractivity contribution >= 4 is 22.8 Å². The highest BCUT2D eigenvalue weighted by Crippen LogP contribution is 2.23. The number of ether oxygens (including phenoxy) is 1. The highest BCUT2D eigenvalue weighted by Gasteiger charge is 2.17. The number of hydrogen-bond acceptors (Lipinski definition) is 6. The highest BCUT2D eigenvalue weighted by atomic mass is 16.5. The lowest BCUT2D eigenvalue weighted by molar-refractivity contribution is 0.0694. The van der Waals surface area contributed by atoms with Gasteiger partial charge in [-0.15, -0.1) is 0 Å². The second kappa shape index (κ2) is 6.60. The number of nitrogens with one attached hydrogen (secondary N) is 1. The van der Waals surface area contributed by atoms with Gasteiger partial charge in [0.1, 0.15) is 23.3 Å². The van der Waals surface area contributed by atoms with Gasteiger partial charge in [-0.3, -0.25) is 9.78 Å². The van der Waals surface area contributed by atoms with Crippen LogP contribution in [0, 0.1) is 6.92 Å². The third-order valence-corrected chi connectivity index (χ3v) is 3.68. The molecule has 1 amide bonds. The summed E-state index contributed by atoms with van der Waals surface area (Å²) in [5.74, 6) is -0.930. The second-order valence-corrected chi connectivity index (χ2v) is 5.36. The van der Waals surface area contributed by atoms with Crippen molar-refractivity contribution in [2.75, 3.05) is 7.11 Å². The van der Waals surface area contributed by atoms with Gasteiger partial charge >= 0.3 is 5.97 Å². The Labute approximate surface area is 142 Å². The van der Waals surface area contributed by atoms with E-state index in [4.69, 9.17) is 9.84 Å². The first-order valence-electron chi connectivity index (χ1n) is 7.39. The van der Waals surface area contributed by atoms with Crippen LogP contribution in [0.4, 0.5) is 0 Å². The van der Waals surface area contributed by atoms with Gasteiger partial charge in [0.25, 0.3) is 5.91 Å². The largest absolute Gasteiger partial charge is 0.497 e. The zero-order chi connectivity index (χ0) is 18.0. The zero-order valence-corrected chi connectivity index (χ0v) is 13.6. The van der Waals surface area contributed by atoms with Crippen LogP contribution >= 0.6 is 0 Å². The SMILES string of the molecule is COc1ccc2nc(C)cc(C(=O)NCc3nocc3C(=O)O)c2c1. The van der Waals surface area contributed by atoms with Crippen LogP contribution in [0.5, 0.6) is 5.75 Å². The van der Waals surface area contributed by atoms with Gasteiger partial charge in [-0.05, 0) is 31.2 Å². The summed E-state index contributed by atoms with van der Waals surface area (Å²) < 4.78 is 9.86. The number of aromatic nitrogens is 2. The first-order valence-corrected chi connectivity index (χ1v) is 7.39. The lowest BCUT2D eigenvalue weighted by Gasteiger charge is -2.10. The minimum Gasteiger partial charge on any atom is -0.497 e. The van der Waals surface area contributed by atoms with Crippen molar-refractivity contribution in [2.24, 2.45) is 0 Å². The Morgan fingerprint density at radius 3 is 2.80 bits per heavy atom. The number of amides is 1. The minimum atomic E-state index is -1.17. The van der Waals surface area contributed by atoms with E-state index in [1.807, 2.05) is 0 Å². The van der Waals surface area contributed by atoms with Gasteiger partial charge in [-0.1, -0.05) is 5.16 Å². The summed E-state index contributed by atoms with van der Waals surface area (Å²) >= 11 is 0. The molecule has 0 saturated heterocycles. The van der Waals surface area contributed by atoms with Crippen LogP contribution in [0.1, 0.15) is 32.1 Å². The summed E-state index contributed by atoms with van der Waals surface area (Å²) in [6, 6.07) is 6.94. The molecule has 0 saturated carbocycles. The molecule has 8 heteroatoms. The smallest absolute Gasteiger partial charge is 0.341 e. The summed E-state index contributed by atoms with van der Waals surface area (Å²) in [7, 11) is 1.54. The number of pyridine rings is 1. The summed E-state index contributed by atoms with van der Waals surface area (Å²) in [4.78, 5) is 28.1. The number of nitrogens with zero attached hydrogens (tertiary/aromatic N) is 2. The van der Waals surface area contributed by atoms with Crippen LogP contribution in [0.15, 0.2) is 35.1 Å². The molecule has 0 aliphatic heterocycles. The molecule has 3 rings (SSSR count). The van der Waals surface area contributed by atoms with Crippen molar-refractivity contribution in [1.29, 1.82) is 0 Å². The van der Waals surface area contributed by atoms with Crippen molar-refractivity contribution in [3.8, 4) is 5.75 Å².